The lowest BCUT2D eigenvalue weighted by Gasteiger charge is -2.33. The molecule has 1 aliphatic rings. The molecule has 0 saturated carbocycles. The maximum absolute atomic E-state index is 15.9. The second kappa shape index (κ2) is 10.8. The number of ketones is 1. The number of aliphatic hydroxyl groups is 1. The van der Waals surface area contributed by atoms with E-state index in [-0.39, 0.29) is 22.7 Å². The van der Waals surface area contributed by atoms with E-state index in [1.807, 2.05) is 0 Å². The fourth-order valence-corrected chi connectivity index (χ4v) is 4.58. The molecular formula is C27H24Cl2FN3O5. The summed E-state index contributed by atoms with van der Waals surface area (Å²) in [6.07, 6.45) is -0.178. The molecule has 2 amide bonds. The first-order chi connectivity index (χ1) is 18.0. The van der Waals surface area contributed by atoms with E-state index in [9.17, 15) is 19.5 Å². The van der Waals surface area contributed by atoms with Gasteiger partial charge in [0.15, 0.2) is 0 Å². The molecule has 1 aliphatic heterocycles. The average Bonchev–Trinajstić information content (AvgIpc) is 3.11. The van der Waals surface area contributed by atoms with E-state index < -0.39 is 42.0 Å². The molecule has 0 fully saturated rings. The number of halogens is 3. The van der Waals surface area contributed by atoms with Crippen LogP contribution in [0.5, 0.6) is 0 Å². The van der Waals surface area contributed by atoms with Crippen molar-refractivity contribution in [3.8, 4) is 11.1 Å². The van der Waals surface area contributed by atoms with Gasteiger partial charge in [0.2, 0.25) is 11.7 Å². The molecule has 3 atom stereocenters. The van der Waals surface area contributed by atoms with E-state index in [0.29, 0.717) is 32.4 Å². The summed E-state index contributed by atoms with van der Waals surface area (Å²) < 4.78 is 21.6. The summed E-state index contributed by atoms with van der Waals surface area (Å²) in [5.74, 6) is -3.90. The van der Waals surface area contributed by atoms with Gasteiger partial charge in [-0.2, -0.15) is 0 Å². The van der Waals surface area contributed by atoms with Gasteiger partial charge in [-0.15, -0.1) is 5.12 Å². The van der Waals surface area contributed by atoms with Gasteiger partial charge in [-0.1, -0.05) is 58.9 Å². The molecule has 2 aromatic carbocycles. The predicted molar refractivity (Wildman–Crippen MR) is 139 cm³/mol. The minimum absolute atomic E-state index is 0.0779. The standard InChI is InChI=1S/C27H24Cl2FN3O5/c1-14(25(31)36)13-38-27(24(35)15(2)34)22-10-9-20(16-3-5-17(28)6-4-16)21(23(22)26(37)33(27)30)11-19-8-7-18(29)12-32-19/h3-10,12,14-15,34H,11,13H2,1-2H3,(H2,31,36)/t14-,15?,27+/m0/s1. The Kier molecular flexibility index (Phi) is 7.85. The number of nitrogens with zero attached hydrogens (tertiary/aromatic N) is 2. The molecule has 0 saturated heterocycles. The maximum Gasteiger partial charge on any atom is 0.285 e. The largest absolute Gasteiger partial charge is 0.385 e. The van der Waals surface area contributed by atoms with Crippen LogP contribution in [0.1, 0.15) is 41.0 Å². The summed E-state index contributed by atoms with van der Waals surface area (Å²) in [5, 5.41) is 10.8. The molecule has 8 nitrogen and oxygen atoms in total. The van der Waals surface area contributed by atoms with Crippen molar-refractivity contribution in [2.45, 2.75) is 32.1 Å². The number of nitrogens with two attached hydrogens (primary N) is 1. The second-order valence-electron chi connectivity index (χ2n) is 9.05. The molecule has 198 valence electrons. The van der Waals surface area contributed by atoms with Gasteiger partial charge in [-0.3, -0.25) is 19.4 Å². The third-order valence-corrected chi connectivity index (χ3v) is 6.87. The highest BCUT2D eigenvalue weighted by Crippen LogP contribution is 2.46. The molecule has 3 N–H and O–H groups in total. The third-order valence-electron chi connectivity index (χ3n) is 6.39. The Morgan fingerprint density at radius 1 is 1.11 bits per heavy atom. The fraction of sp³-hybridized carbons (Fsp3) is 0.259. The van der Waals surface area contributed by atoms with Gasteiger partial charge in [0.1, 0.15) is 6.10 Å². The number of benzene rings is 2. The van der Waals surface area contributed by atoms with Crippen molar-refractivity contribution in [3.05, 3.63) is 87.2 Å². The Hall–Kier alpha value is -3.37. The van der Waals surface area contributed by atoms with Gasteiger partial charge in [0, 0.05) is 28.9 Å². The topological polar surface area (TPSA) is 123 Å². The Bertz CT molecular complexity index is 1400. The van der Waals surface area contributed by atoms with Gasteiger partial charge >= 0.3 is 0 Å². The molecule has 3 aromatic rings. The molecule has 38 heavy (non-hydrogen) atoms. The number of primary amides is 1. The lowest BCUT2D eigenvalue weighted by Crippen LogP contribution is -2.52. The molecule has 0 radical (unpaired) electrons. The van der Waals surface area contributed by atoms with E-state index in [2.05, 4.69) is 4.98 Å². The van der Waals surface area contributed by atoms with E-state index in [4.69, 9.17) is 33.7 Å². The Morgan fingerprint density at radius 2 is 1.76 bits per heavy atom. The number of fused-ring (bicyclic) bond motifs is 1. The Morgan fingerprint density at radius 3 is 2.34 bits per heavy atom. The van der Waals surface area contributed by atoms with Crippen LogP contribution in [0.15, 0.2) is 54.7 Å². The Labute approximate surface area is 228 Å². The van der Waals surface area contributed by atoms with Gasteiger partial charge in [0.05, 0.1) is 23.1 Å². The summed E-state index contributed by atoms with van der Waals surface area (Å²) in [6.45, 7) is 2.10. The summed E-state index contributed by atoms with van der Waals surface area (Å²) in [5.41, 5.74) is 4.64. The highest BCUT2D eigenvalue weighted by Gasteiger charge is 2.59. The number of Topliss-reactive ketones (excluding diaryl/α,β-unsaturated/α-hetero) is 1. The average molecular weight is 560 g/mol. The number of rotatable bonds is 9. The van der Waals surface area contributed by atoms with Crippen molar-refractivity contribution >= 4 is 40.8 Å². The number of amides is 2. The summed E-state index contributed by atoms with van der Waals surface area (Å²) >= 11 is 12.0. The van der Waals surface area contributed by atoms with E-state index >= 15 is 4.48 Å². The maximum atomic E-state index is 15.9. The molecule has 0 bridgehead atoms. The van der Waals surface area contributed by atoms with Crippen LogP contribution in [0.3, 0.4) is 0 Å². The minimum Gasteiger partial charge on any atom is -0.385 e. The van der Waals surface area contributed by atoms with E-state index in [1.165, 1.54) is 19.2 Å². The van der Waals surface area contributed by atoms with Crippen molar-refractivity contribution in [1.29, 1.82) is 0 Å². The lowest BCUT2D eigenvalue weighted by atomic mass is 9.86. The quantitative estimate of drug-likeness (QED) is 0.378. The van der Waals surface area contributed by atoms with E-state index in [1.54, 1.807) is 42.5 Å². The lowest BCUT2D eigenvalue weighted by molar-refractivity contribution is -0.215. The first-order valence-electron chi connectivity index (χ1n) is 11.7. The van der Waals surface area contributed by atoms with Crippen molar-refractivity contribution in [2.75, 3.05) is 6.61 Å². The van der Waals surface area contributed by atoms with Crippen LogP contribution in [-0.4, -0.2) is 45.5 Å². The predicted octanol–water partition coefficient (Wildman–Crippen LogP) is 4.23. The number of aromatic nitrogens is 1. The SMILES string of the molecule is CC(O)C(=O)[C@]1(OC[C@H](C)C(N)=O)c2ccc(-c3ccc(Cl)cc3)c(Cc3ccc(Cl)cn3)c2C(=O)N1F. The molecule has 11 heteroatoms. The van der Waals surface area contributed by atoms with Crippen LogP contribution in [-0.2, 0) is 26.5 Å². The highest BCUT2D eigenvalue weighted by molar-refractivity contribution is 6.30. The van der Waals surface area contributed by atoms with Gasteiger partial charge in [0.25, 0.3) is 11.6 Å². The number of hydrogen-bond acceptors (Lipinski definition) is 6. The van der Waals surface area contributed by atoms with Crippen LogP contribution in [0, 0.1) is 5.92 Å². The van der Waals surface area contributed by atoms with Crippen LogP contribution in [0.4, 0.5) is 4.48 Å². The van der Waals surface area contributed by atoms with Crippen molar-refractivity contribution in [2.24, 2.45) is 11.7 Å². The van der Waals surface area contributed by atoms with Crippen molar-refractivity contribution in [1.82, 2.24) is 10.1 Å². The molecule has 0 aliphatic carbocycles. The number of ether oxygens (including phenoxy) is 1. The first-order valence-corrected chi connectivity index (χ1v) is 12.4. The van der Waals surface area contributed by atoms with Crippen LogP contribution < -0.4 is 5.73 Å². The minimum atomic E-state index is -2.62. The summed E-state index contributed by atoms with van der Waals surface area (Å²) in [4.78, 5) is 42.7. The molecule has 4 rings (SSSR count). The molecule has 2 heterocycles. The van der Waals surface area contributed by atoms with Gasteiger partial charge in [-0.25, -0.2) is 0 Å². The number of carbonyl (C=O) groups is 3. The summed E-state index contributed by atoms with van der Waals surface area (Å²) in [7, 11) is 0. The zero-order valence-corrected chi connectivity index (χ0v) is 22.0. The van der Waals surface area contributed by atoms with Gasteiger partial charge < -0.3 is 15.6 Å². The van der Waals surface area contributed by atoms with Crippen LogP contribution >= 0.6 is 23.2 Å². The smallest absolute Gasteiger partial charge is 0.285 e. The molecule has 1 unspecified atom stereocenters. The van der Waals surface area contributed by atoms with Gasteiger partial charge in [-0.05, 0) is 47.9 Å². The fourth-order valence-electron chi connectivity index (χ4n) is 4.34. The zero-order chi connectivity index (χ0) is 27.8. The highest BCUT2D eigenvalue weighted by atomic mass is 35.5. The monoisotopic (exact) mass is 559 g/mol. The number of carbonyl (C=O) groups excluding carboxylic acids is 3. The number of aliphatic hydroxyl groups excluding tert-OH is 1. The van der Waals surface area contributed by atoms with E-state index in [0.717, 1.165) is 6.92 Å². The second-order valence-corrected chi connectivity index (χ2v) is 9.92. The van der Waals surface area contributed by atoms with Crippen molar-refractivity contribution < 1.29 is 28.7 Å². The molecule has 0 spiro atoms. The number of hydrogen-bond donors (Lipinski definition) is 2. The normalized spacial score (nSPS) is 18.3. The molecular weight excluding hydrogens is 536 g/mol. The van der Waals surface area contributed by atoms with Crippen LogP contribution in [0.25, 0.3) is 11.1 Å². The number of pyridine rings is 1. The third kappa shape index (κ3) is 4.90. The zero-order valence-electron chi connectivity index (χ0n) is 20.5. The Balaban J connectivity index is 1.97. The van der Waals surface area contributed by atoms with Crippen LogP contribution in [0.2, 0.25) is 10.0 Å². The first kappa shape index (κ1) is 27.7. The molecule has 1 aromatic heterocycles. The summed E-state index contributed by atoms with van der Waals surface area (Å²) in [6, 6.07) is 13.2. The van der Waals surface area contributed by atoms with Crippen molar-refractivity contribution in [3.63, 3.8) is 0 Å².